The number of fused-ring (bicyclic) bond motifs is 3. The second kappa shape index (κ2) is 7.49. The summed E-state index contributed by atoms with van der Waals surface area (Å²) in [6.07, 6.45) is 5.92. The molecule has 3 aliphatic rings. The van der Waals surface area contributed by atoms with Crippen LogP contribution < -0.4 is 15.5 Å². The average Bonchev–Trinajstić information content (AvgIpc) is 3.53. The minimum Gasteiger partial charge on any atom is -0.339 e. The van der Waals surface area contributed by atoms with E-state index in [1.807, 2.05) is 18.2 Å². The van der Waals surface area contributed by atoms with Gasteiger partial charge in [0.05, 0.1) is 28.4 Å². The van der Waals surface area contributed by atoms with Crippen LogP contribution in [0.25, 0.3) is 10.4 Å². The van der Waals surface area contributed by atoms with Gasteiger partial charge in [0.1, 0.15) is 6.04 Å². The second-order valence-electron chi connectivity index (χ2n) is 8.40. The largest absolute Gasteiger partial charge is 0.339 e. The summed E-state index contributed by atoms with van der Waals surface area (Å²) >= 11 is 1.52. The average molecular weight is 422 g/mol. The highest BCUT2D eigenvalue weighted by Crippen LogP contribution is 2.36. The Morgan fingerprint density at radius 2 is 2.33 bits per heavy atom. The van der Waals surface area contributed by atoms with Crippen LogP contribution in [0, 0.1) is 17.2 Å². The normalized spacial score (nSPS) is 25.3. The molecule has 30 heavy (non-hydrogen) atoms. The summed E-state index contributed by atoms with van der Waals surface area (Å²) in [5.74, 6) is 0.423. The van der Waals surface area contributed by atoms with Crippen molar-refractivity contribution in [2.24, 2.45) is 5.92 Å². The van der Waals surface area contributed by atoms with Crippen molar-refractivity contribution in [1.29, 1.82) is 5.26 Å². The molecule has 0 radical (unpaired) electrons. The van der Waals surface area contributed by atoms with E-state index in [0.717, 1.165) is 46.0 Å². The molecule has 2 amide bonds. The standard InChI is InChI=1S/C22H23N5O2S/c1-27-17-7-13(3-2-12(17)8-20(27)28)18-11-24-19(30-18)9-16(10-23)26-22(29)21-14-4-5-15(6-14)25-21/h2-3,7,11,14-16,21,25H,4-6,8-9H2,1H3,(H,26,29)/t14-,15-,16?,21-/m0/s1. The van der Waals surface area contributed by atoms with Gasteiger partial charge in [-0.15, -0.1) is 11.3 Å². The topological polar surface area (TPSA) is 98.1 Å². The number of carbonyl (C=O) groups is 2. The number of anilines is 1. The fourth-order valence-corrected chi connectivity index (χ4v) is 5.81. The van der Waals surface area contributed by atoms with Crippen LogP contribution in [0.5, 0.6) is 0 Å². The third-order valence-electron chi connectivity index (χ3n) is 6.49. The van der Waals surface area contributed by atoms with E-state index in [2.05, 4.69) is 21.7 Å². The molecular weight excluding hydrogens is 398 g/mol. The molecule has 1 saturated carbocycles. The van der Waals surface area contributed by atoms with E-state index in [0.29, 0.717) is 24.8 Å². The van der Waals surface area contributed by atoms with Crippen LogP contribution in [-0.2, 0) is 22.4 Å². The zero-order chi connectivity index (χ0) is 20.8. The van der Waals surface area contributed by atoms with Crippen molar-refractivity contribution in [3.8, 4) is 16.5 Å². The summed E-state index contributed by atoms with van der Waals surface area (Å²) in [7, 11) is 1.79. The van der Waals surface area contributed by atoms with Gasteiger partial charge in [0.25, 0.3) is 0 Å². The summed E-state index contributed by atoms with van der Waals surface area (Å²) < 4.78 is 0. The zero-order valence-corrected chi connectivity index (χ0v) is 17.5. The second-order valence-corrected chi connectivity index (χ2v) is 9.52. The first-order valence-electron chi connectivity index (χ1n) is 10.3. The number of amides is 2. The van der Waals surface area contributed by atoms with Crippen LogP contribution in [0.1, 0.15) is 29.8 Å². The SMILES string of the molecule is CN1C(=O)Cc2ccc(-c3cnc(CC(C#N)NC(=O)[C@H]4N[C@H]5CC[C@H]4C5)s3)cc21. The Kier molecular flexibility index (Phi) is 4.80. The summed E-state index contributed by atoms with van der Waals surface area (Å²) in [6, 6.07) is 7.91. The van der Waals surface area contributed by atoms with E-state index >= 15 is 0 Å². The Labute approximate surface area is 179 Å². The Morgan fingerprint density at radius 3 is 3.07 bits per heavy atom. The number of nitrogens with one attached hydrogen (secondary N) is 2. The first-order chi connectivity index (χ1) is 14.5. The Bertz CT molecular complexity index is 1060. The van der Waals surface area contributed by atoms with Gasteiger partial charge in [-0.25, -0.2) is 4.98 Å². The lowest BCUT2D eigenvalue weighted by atomic mass is 9.99. The molecular formula is C22H23N5O2S. The smallest absolute Gasteiger partial charge is 0.238 e. The predicted molar refractivity (Wildman–Crippen MR) is 114 cm³/mol. The lowest BCUT2D eigenvalue weighted by Crippen LogP contribution is -2.50. The number of carbonyl (C=O) groups excluding carboxylic acids is 2. The van der Waals surface area contributed by atoms with Crippen molar-refractivity contribution in [3.63, 3.8) is 0 Å². The summed E-state index contributed by atoms with van der Waals surface area (Å²) in [6.45, 7) is 0. The van der Waals surface area contributed by atoms with Gasteiger partial charge in [-0.2, -0.15) is 5.26 Å². The number of likely N-dealkylation sites (N-methyl/N-ethyl adjacent to an activating group) is 1. The van der Waals surface area contributed by atoms with Crippen molar-refractivity contribution in [2.75, 3.05) is 11.9 Å². The molecule has 3 heterocycles. The van der Waals surface area contributed by atoms with Crippen LogP contribution in [-0.4, -0.2) is 42.0 Å². The molecule has 1 aliphatic carbocycles. The fourth-order valence-electron chi connectivity index (χ4n) is 4.85. The maximum atomic E-state index is 12.6. The minimum absolute atomic E-state index is 0.0724. The van der Waals surface area contributed by atoms with Crippen molar-refractivity contribution in [2.45, 2.75) is 50.2 Å². The number of aromatic nitrogens is 1. The number of piperidine rings is 1. The molecule has 1 aromatic carbocycles. The molecule has 2 bridgehead atoms. The van der Waals surface area contributed by atoms with Crippen molar-refractivity contribution >= 4 is 28.8 Å². The third kappa shape index (κ3) is 3.38. The van der Waals surface area contributed by atoms with Gasteiger partial charge in [0.2, 0.25) is 11.8 Å². The molecule has 2 aromatic rings. The van der Waals surface area contributed by atoms with Crippen LogP contribution in [0.3, 0.4) is 0 Å². The number of nitriles is 1. The molecule has 4 atom stereocenters. The molecule has 2 N–H and O–H groups in total. The highest BCUT2D eigenvalue weighted by Gasteiger charge is 2.43. The van der Waals surface area contributed by atoms with E-state index < -0.39 is 6.04 Å². The number of hydrogen-bond acceptors (Lipinski definition) is 6. The van der Waals surface area contributed by atoms with Gasteiger partial charge in [0.15, 0.2) is 0 Å². The van der Waals surface area contributed by atoms with Crippen molar-refractivity contribution in [1.82, 2.24) is 15.6 Å². The van der Waals surface area contributed by atoms with E-state index in [9.17, 15) is 14.9 Å². The quantitative estimate of drug-likeness (QED) is 0.770. The monoisotopic (exact) mass is 421 g/mol. The minimum atomic E-state index is -0.596. The van der Waals surface area contributed by atoms with Gasteiger partial charge in [-0.3, -0.25) is 9.59 Å². The molecule has 8 heteroatoms. The molecule has 1 unspecified atom stereocenters. The zero-order valence-electron chi connectivity index (χ0n) is 16.7. The maximum Gasteiger partial charge on any atom is 0.238 e. The van der Waals surface area contributed by atoms with E-state index in [-0.39, 0.29) is 17.9 Å². The fraction of sp³-hybridized carbons (Fsp3) is 0.455. The van der Waals surface area contributed by atoms with Crippen molar-refractivity contribution in [3.05, 3.63) is 35.0 Å². The van der Waals surface area contributed by atoms with Gasteiger partial charge in [-0.1, -0.05) is 12.1 Å². The molecule has 7 nitrogen and oxygen atoms in total. The van der Waals surface area contributed by atoms with E-state index in [4.69, 9.17) is 0 Å². The summed E-state index contributed by atoms with van der Waals surface area (Å²) in [4.78, 5) is 31.7. The van der Waals surface area contributed by atoms with Gasteiger partial charge < -0.3 is 15.5 Å². The number of hydrogen-bond donors (Lipinski definition) is 2. The molecule has 0 spiro atoms. The van der Waals surface area contributed by atoms with Crippen molar-refractivity contribution < 1.29 is 9.59 Å². The van der Waals surface area contributed by atoms with Crippen LogP contribution in [0.2, 0.25) is 0 Å². The molecule has 5 rings (SSSR count). The predicted octanol–water partition coefficient (Wildman–Crippen LogP) is 2.02. The van der Waals surface area contributed by atoms with Gasteiger partial charge >= 0.3 is 0 Å². The lowest BCUT2D eigenvalue weighted by Gasteiger charge is -2.23. The molecule has 2 fully saturated rings. The first-order valence-corrected chi connectivity index (χ1v) is 11.1. The number of rotatable bonds is 5. The van der Waals surface area contributed by atoms with E-state index in [1.54, 1.807) is 18.1 Å². The summed E-state index contributed by atoms with van der Waals surface area (Å²) in [5.41, 5.74) is 2.98. The van der Waals surface area contributed by atoms with Crippen LogP contribution >= 0.6 is 11.3 Å². The van der Waals surface area contributed by atoms with E-state index in [1.165, 1.54) is 11.3 Å². The first kappa shape index (κ1) is 19.2. The molecule has 1 saturated heterocycles. The van der Waals surface area contributed by atoms with Crippen LogP contribution in [0.15, 0.2) is 24.4 Å². The number of benzene rings is 1. The number of nitrogens with zero attached hydrogens (tertiary/aromatic N) is 3. The Morgan fingerprint density at radius 1 is 1.47 bits per heavy atom. The maximum absolute atomic E-state index is 12.6. The highest BCUT2D eigenvalue weighted by molar-refractivity contribution is 7.15. The lowest BCUT2D eigenvalue weighted by molar-refractivity contribution is -0.124. The number of thiazole rings is 1. The van der Waals surface area contributed by atoms with Gasteiger partial charge in [0, 0.05) is 31.4 Å². The Balaban J connectivity index is 1.26. The Hall–Kier alpha value is -2.76. The molecule has 154 valence electrons. The molecule has 2 aliphatic heterocycles. The third-order valence-corrected chi connectivity index (χ3v) is 7.56. The van der Waals surface area contributed by atoms with Gasteiger partial charge in [-0.05, 0) is 42.4 Å². The summed E-state index contributed by atoms with van der Waals surface area (Å²) in [5, 5.41) is 16.6. The van der Waals surface area contributed by atoms with Crippen LogP contribution in [0.4, 0.5) is 5.69 Å². The molecule has 1 aromatic heterocycles. The highest BCUT2D eigenvalue weighted by atomic mass is 32.1.